The Morgan fingerprint density at radius 2 is 0.500 bits per heavy atom. The molecule has 0 unspecified atom stereocenters. The fourth-order valence-corrected chi connectivity index (χ4v) is 1.02. The number of esters is 5. The van der Waals surface area contributed by atoms with Gasteiger partial charge in [-0.3, -0.25) is 43.2 Å². The first kappa shape index (κ1) is 212. The molecule has 0 saturated carbocycles. The first-order valence-corrected chi connectivity index (χ1v) is 33.6. The van der Waals surface area contributed by atoms with Crippen LogP contribution in [0.15, 0.2) is 0 Å². The van der Waals surface area contributed by atoms with Crippen LogP contribution in [0.1, 0.15) is 157 Å². The molecule has 0 atom stereocenters. The number of ether oxygens (including phenoxy) is 18. The zero-order chi connectivity index (χ0) is 97.8. The van der Waals surface area contributed by atoms with Gasteiger partial charge in [-0.25, -0.2) is 14.4 Å². The maximum absolute atomic E-state index is 10.2. The van der Waals surface area contributed by atoms with E-state index in [-0.39, 0.29) is 188 Å². The van der Waals surface area contributed by atoms with Gasteiger partial charge in [0.05, 0.1) is 42.7 Å². The van der Waals surface area contributed by atoms with Crippen LogP contribution in [0.3, 0.4) is 0 Å². The third-order valence-corrected chi connectivity index (χ3v) is 6.25. The standard InChI is InChI=1S/2C4H9NO2.2C4H8O3.C4H8O.2C3H7NO2.3C3H7NO.C3H9N.C3H8O2.3C3H6O2.2C3H8O.2C3H6O.2C2H7N.3C2H6O.4CH4.CH3.V.Y.2H2/c1-5-4(6)3-7-2;1-4(6)5-3-7-2;1-6-3-4(5)7-2;1-4(5)7-3-6-2;1-3-4(2)5;2*1-4-3(5)6-2;3*1-3(5)4-2;1-3-4-2;1-4-3-5-2;3*1-3(4)5-2;2*1-3-4-2;2*1-3(2)4;5*1-3-2;;;;;;;;;/h2*3H2,1-2H3,(H,5,6);2*3H2,1-2H3;3H2,1-2H3;2*1-2H3,(H,4,5);3*1-2H3,(H,4,5);4H,3H2,1-2H3;3H2,1-2H3;3*1-2H3;2*3H2,1-2H3;2*1-2H3;2*3H,1-2H3;3*1-2H3;4*1H4;1H3;;;2*1H/q;;;;;;;;;;;;;;;;;;;;;;;;;;;;-1;;;;. The number of hydrogen-bond donors (Lipinski definition) is 10. The predicted octanol–water partition coefficient (Wildman–Crippen LogP) is 6.69. The molecule has 122 heavy (non-hydrogen) atoms. The number of nitrogens with one attached hydrogen (secondary N) is 10. The normalized spacial score (nSPS) is 6.82. The van der Waals surface area contributed by atoms with Gasteiger partial charge in [-0.2, -0.15) is 0 Å². The van der Waals surface area contributed by atoms with Crippen molar-refractivity contribution in [2.45, 2.75) is 154 Å². The Kier molecular flexibility index (Phi) is 450. The van der Waals surface area contributed by atoms with Gasteiger partial charge in [-0.1, -0.05) is 43.6 Å². The smallest absolute Gasteiger partial charge is 0.406 e. The van der Waals surface area contributed by atoms with Crippen molar-refractivity contribution in [2.24, 2.45) is 0 Å². The number of ketones is 3. The summed E-state index contributed by atoms with van der Waals surface area (Å²) in [6, 6.07) is 0. The average molecular weight is 1930 g/mol. The van der Waals surface area contributed by atoms with Gasteiger partial charge in [0, 0.05) is 271 Å². The molecule has 0 aliphatic carbocycles. The van der Waals surface area contributed by atoms with E-state index in [2.05, 4.69) is 145 Å². The summed E-state index contributed by atoms with van der Waals surface area (Å²) in [7, 11) is 49.0. The molecule has 0 aliphatic heterocycles. The first-order valence-electron chi connectivity index (χ1n) is 33.6. The number of likely N-dealkylation sites (N-methyl/N-ethyl adjacent to an activating group) is 1. The van der Waals surface area contributed by atoms with Crippen molar-refractivity contribution < 1.29 is 211 Å². The summed E-state index contributed by atoms with van der Waals surface area (Å²) >= 11 is 0. The van der Waals surface area contributed by atoms with E-state index >= 15 is 0 Å². The Hall–Kier alpha value is -6.62. The van der Waals surface area contributed by atoms with Crippen molar-refractivity contribution in [3.8, 4) is 0 Å². The average Bonchev–Trinajstić information content (AvgIpc) is 1.10. The van der Waals surface area contributed by atoms with E-state index in [9.17, 15) is 71.9 Å². The molecule has 760 valence electrons. The Morgan fingerprint density at radius 1 is 0.303 bits per heavy atom. The van der Waals surface area contributed by atoms with E-state index in [4.69, 9.17) is 0 Å². The van der Waals surface area contributed by atoms with Gasteiger partial charge in [-0.05, 0) is 90.2 Å². The molecule has 0 aliphatic rings. The molecule has 0 fully saturated rings. The van der Waals surface area contributed by atoms with Crippen LogP contribution in [-0.2, 0) is 199 Å². The summed E-state index contributed by atoms with van der Waals surface area (Å²) in [5, 5.41) is 24.9. The van der Waals surface area contributed by atoms with Crippen molar-refractivity contribution in [1.29, 1.82) is 0 Å². The van der Waals surface area contributed by atoms with Crippen molar-refractivity contribution >= 4 is 88.9 Å². The van der Waals surface area contributed by atoms with Crippen LogP contribution < -0.4 is 53.2 Å². The van der Waals surface area contributed by atoms with E-state index < -0.39 is 12.2 Å². The number of Topliss-reactive ketones (excluding diaryl/α,β-unsaturated/α-hetero) is 3. The second-order valence-corrected chi connectivity index (χ2v) is 18.0. The van der Waals surface area contributed by atoms with Gasteiger partial charge in [0.1, 0.15) is 44.1 Å². The fourth-order valence-electron chi connectivity index (χ4n) is 1.02. The second kappa shape index (κ2) is 259. The van der Waals surface area contributed by atoms with E-state index in [0.29, 0.717) is 19.9 Å². The number of rotatable bonds is 14. The molecule has 0 saturated heterocycles. The third-order valence-electron chi connectivity index (χ3n) is 6.25. The topological polar surface area (TPSA) is 542 Å². The largest absolute Gasteiger partial charge is 0.469 e. The molecule has 0 aromatic rings. The number of carbonyl (C=O) groups excluding carboxylic acids is 15. The van der Waals surface area contributed by atoms with Crippen molar-refractivity contribution in [3.63, 3.8) is 0 Å². The monoisotopic (exact) mass is 1930 g/mol. The maximum Gasteiger partial charge on any atom is 0.406 e. The fraction of sp³-hybridized carbons (Fsp3) is 0.792. The van der Waals surface area contributed by atoms with Crippen LogP contribution in [0.25, 0.3) is 0 Å². The van der Waals surface area contributed by atoms with Crippen LogP contribution in [0.5, 0.6) is 0 Å². The molecule has 0 spiro atoms. The quantitative estimate of drug-likeness (QED) is 0.0375. The molecule has 43 nitrogen and oxygen atoms in total. The maximum atomic E-state index is 10.2. The number of alkyl carbamates (subject to hydrolysis) is 2. The SMILES string of the molecule is C.C.C.C.CC(C)=O.CC(C)=O.CCC(C)=O.CCNC.CCOC.CCOC.CNC.CNC.CNC(=O)COC.CNC(=O)OC.CNC(=O)OC.CNC(C)=O.CNC(C)=O.CNC(C)=O.COC.COC.COC.COC(C)=O.COC(C)=O.COC(C)=O.COCC(=O)OC.COCNC(C)=O.COCOC.COCOC(C)=O.[CH3-].[HH].[HH].[V].[Y]. The molecule has 0 aromatic carbocycles. The zero-order valence-electron chi connectivity index (χ0n) is 82.4. The first-order chi connectivity index (χ1) is 53.4. The molecule has 0 aromatic heterocycles. The molecule has 2 radical (unpaired) electrons. The van der Waals surface area contributed by atoms with E-state index in [1.807, 2.05) is 56.0 Å². The Morgan fingerprint density at radius 3 is 0.533 bits per heavy atom. The third kappa shape index (κ3) is 972. The summed E-state index contributed by atoms with van der Waals surface area (Å²) in [5.74, 6) is -0.960. The van der Waals surface area contributed by atoms with Crippen molar-refractivity contribution in [3.05, 3.63) is 7.43 Å². The Bertz CT molecular complexity index is 1640. The minimum absolute atomic E-state index is 0. The summed E-state index contributed by atoms with van der Waals surface area (Å²) < 4.78 is 77.8. The van der Waals surface area contributed by atoms with Gasteiger partial charge in [0.25, 0.3) is 0 Å². The van der Waals surface area contributed by atoms with Crippen LogP contribution >= 0.6 is 0 Å². The molecule has 10 N–H and O–H groups in total. The van der Waals surface area contributed by atoms with Gasteiger partial charge < -0.3 is 160 Å². The number of carbonyl (C=O) groups is 15. The van der Waals surface area contributed by atoms with Gasteiger partial charge in [0.15, 0.2) is 6.79 Å². The molecular weight excluding hydrogens is 1730 g/mol. The van der Waals surface area contributed by atoms with E-state index in [1.54, 1.807) is 106 Å². The summed E-state index contributed by atoms with van der Waals surface area (Å²) in [6.45, 7) is 30.4. The van der Waals surface area contributed by atoms with Crippen LogP contribution in [0.4, 0.5) is 9.59 Å². The van der Waals surface area contributed by atoms with Crippen molar-refractivity contribution in [2.75, 3.05) is 273 Å². The molecule has 0 heterocycles. The predicted molar refractivity (Wildman–Crippen MR) is 488 cm³/mol. The van der Waals surface area contributed by atoms with Crippen LogP contribution in [0, 0.1) is 7.43 Å². The molecule has 0 rings (SSSR count). The number of amides is 7. The Balaban J connectivity index is -0.0000000225. The summed E-state index contributed by atoms with van der Waals surface area (Å²) in [6.07, 6.45) is -0.148. The molecule has 7 amide bonds. The second-order valence-electron chi connectivity index (χ2n) is 18.0. The van der Waals surface area contributed by atoms with Crippen LogP contribution in [-0.4, -0.2) is 362 Å². The number of methoxy groups -OCH3 is 17. The molecule has 0 bridgehead atoms. The van der Waals surface area contributed by atoms with Crippen molar-refractivity contribution in [1.82, 2.24) is 53.2 Å². The number of hydrogen-bond acceptors (Lipinski definition) is 36. The summed E-state index contributed by atoms with van der Waals surface area (Å²) in [4.78, 5) is 146. The van der Waals surface area contributed by atoms with Crippen LogP contribution in [0.2, 0.25) is 0 Å². The zero-order valence-corrected chi connectivity index (χ0v) is 86.6. The minimum Gasteiger partial charge on any atom is -0.469 e. The van der Waals surface area contributed by atoms with E-state index in [0.717, 1.165) is 19.8 Å². The van der Waals surface area contributed by atoms with E-state index in [1.165, 1.54) is 168 Å². The molecule has 45 heteroatoms. The summed E-state index contributed by atoms with van der Waals surface area (Å²) in [5.41, 5.74) is 0. The Labute approximate surface area is 783 Å². The molecular formula is C77H195N10O33VY-. The van der Waals surface area contributed by atoms with Gasteiger partial charge >= 0.3 is 42.0 Å². The van der Waals surface area contributed by atoms with Gasteiger partial charge in [0.2, 0.25) is 29.5 Å². The minimum atomic E-state index is -0.407. The van der Waals surface area contributed by atoms with Gasteiger partial charge in [-0.15, -0.1) is 0 Å².